The Labute approximate surface area is 212 Å². The van der Waals surface area contributed by atoms with Gasteiger partial charge in [0.25, 0.3) is 0 Å². The van der Waals surface area contributed by atoms with Crippen LogP contribution in [0.1, 0.15) is 29.7 Å². The van der Waals surface area contributed by atoms with E-state index in [1.807, 2.05) is 55.5 Å². The van der Waals surface area contributed by atoms with Gasteiger partial charge >= 0.3 is 12.1 Å². The van der Waals surface area contributed by atoms with E-state index in [9.17, 15) is 9.59 Å². The highest BCUT2D eigenvalue weighted by atomic mass is 79.9. The van der Waals surface area contributed by atoms with Crippen LogP contribution in [0.4, 0.5) is 4.79 Å². The van der Waals surface area contributed by atoms with Gasteiger partial charge in [-0.25, -0.2) is 4.79 Å². The summed E-state index contributed by atoms with van der Waals surface area (Å²) in [6.45, 7) is 2.27. The van der Waals surface area contributed by atoms with Crippen molar-refractivity contribution >= 4 is 28.0 Å². The quantitative estimate of drug-likeness (QED) is 0.324. The minimum Gasteiger partial charge on any atom is -0.493 e. The molecule has 1 aliphatic heterocycles. The molecule has 1 aliphatic rings. The minimum absolute atomic E-state index is 0.113. The largest absolute Gasteiger partial charge is 0.493 e. The fraction of sp³-hybridized carbons (Fsp3) is 0.259. The number of halogens is 1. The molecule has 3 aromatic carbocycles. The summed E-state index contributed by atoms with van der Waals surface area (Å²) in [5.41, 5.74) is 2.47. The second-order valence-corrected chi connectivity index (χ2v) is 9.09. The number of nitrogens with zero attached hydrogens (tertiary/aromatic N) is 1. The summed E-state index contributed by atoms with van der Waals surface area (Å²) in [5.74, 6) is 1.19. The first-order valence-electron chi connectivity index (χ1n) is 11.1. The first kappa shape index (κ1) is 24.6. The number of benzene rings is 3. The second-order valence-electron chi connectivity index (χ2n) is 8.18. The van der Waals surface area contributed by atoms with Crippen molar-refractivity contribution in [3.05, 3.63) is 87.9 Å². The van der Waals surface area contributed by atoms with Crippen LogP contribution < -0.4 is 9.47 Å². The van der Waals surface area contributed by atoms with Gasteiger partial charge in [-0.3, -0.25) is 9.69 Å². The Morgan fingerprint density at radius 3 is 2.46 bits per heavy atom. The zero-order valence-corrected chi connectivity index (χ0v) is 21.3. The Morgan fingerprint density at radius 2 is 1.74 bits per heavy atom. The molecule has 35 heavy (non-hydrogen) atoms. The summed E-state index contributed by atoms with van der Waals surface area (Å²) in [6.07, 6.45) is -0.618. The monoisotopic (exact) mass is 539 g/mol. The Kier molecular flexibility index (Phi) is 7.60. The van der Waals surface area contributed by atoms with E-state index in [-0.39, 0.29) is 30.6 Å². The van der Waals surface area contributed by atoms with Crippen LogP contribution in [0.15, 0.2) is 71.2 Å². The molecule has 1 heterocycles. The molecule has 2 atom stereocenters. The Bertz CT molecular complexity index is 1220. The molecular weight excluding hydrogens is 514 g/mol. The maximum atomic E-state index is 12.8. The van der Waals surface area contributed by atoms with Crippen molar-refractivity contribution < 1.29 is 28.5 Å². The van der Waals surface area contributed by atoms with E-state index in [2.05, 4.69) is 15.9 Å². The highest BCUT2D eigenvalue weighted by molar-refractivity contribution is 9.10. The predicted octanol–water partition coefficient (Wildman–Crippen LogP) is 6.05. The van der Waals surface area contributed by atoms with Gasteiger partial charge in [-0.2, -0.15) is 0 Å². The van der Waals surface area contributed by atoms with Gasteiger partial charge in [-0.15, -0.1) is 0 Å². The van der Waals surface area contributed by atoms with Crippen molar-refractivity contribution in [3.8, 4) is 17.2 Å². The molecule has 0 unspecified atom stereocenters. The van der Waals surface area contributed by atoms with Gasteiger partial charge in [0.2, 0.25) is 0 Å². The third kappa shape index (κ3) is 5.59. The standard InChI is InChI=1S/C27H26BrNO6/c1-17-26(19-7-5-4-6-8-19)35-27(31)29(17)16-20-15-21(28)10-12-22(20)34-24-13-18(14-25(30)33-3)9-11-23(24)32-2/h4-13,15,17,26H,14,16H2,1-3H3/t17-,26-/m0/s1. The average molecular weight is 540 g/mol. The van der Waals surface area contributed by atoms with E-state index < -0.39 is 0 Å². The van der Waals surface area contributed by atoms with E-state index in [1.165, 1.54) is 7.11 Å². The third-order valence-corrected chi connectivity index (χ3v) is 6.40. The predicted molar refractivity (Wildman–Crippen MR) is 134 cm³/mol. The lowest BCUT2D eigenvalue weighted by Gasteiger charge is -2.22. The van der Waals surface area contributed by atoms with E-state index in [0.717, 1.165) is 21.2 Å². The molecule has 0 bridgehead atoms. The molecule has 0 aliphatic carbocycles. The smallest absolute Gasteiger partial charge is 0.411 e. The second kappa shape index (κ2) is 10.8. The summed E-state index contributed by atoms with van der Waals surface area (Å²) < 4.78 is 23.0. The molecule has 0 saturated carbocycles. The maximum absolute atomic E-state index is 12.8. The molecule has 0 radical (unpaired) electrons. The number of carbonyl (C=O) groups excluding carboxylic acids is 2. The lowest BCUT2D eigenvalue weighted by Crippen LogP contribution is -2.31. The highest BCUT2D eigenvalue weighted by Crippen LogP contribution is 2.38. The van der Waals surface area contributed by atoms with Crippen molar-refractivity contribution in [2.75, 3.05) is 14.2 Å². The molecule has 7 nitrogen and oxygen atoms in total. The molecule has 1 fully saturated rings. The lowest BCUT2D eigenvalue weighted by atomic mass is 10.0. The molecule has 1 amide bonds. The average Bonchev–Trinajstić information content (AvgIpc) is 3.14. The van der Waals surface area contributed by atoms with Crippen molar-refractivity contribution in [3.63, 3.8) is 0 Å². The fourth-order valence-corrected chi connectivity index (χ4v) is 4.43. The van der Waals surface area contributed by atoms with Crippen LogP contribution in [0.3, 0.4) is 0 Å². The van der Waals surface area contributed by atoms with Gasteiger partial charge in [0.15, 0.2) is 11.5 Å². The zero-order valence-electron chi connectivity index (χ0n) is 19.7. The Hall–Kier alpha value is -3.52. The number of esters is 1. The van der Waals surface area contributed by atoms with Gasteiger partial charge < -0.3 is 18.9 Å². The highest BCUT2D eigenvalue weighted by Gasteiger charge is 2.39. The van der Waals surface area contributed by atoms with Gasteiger partial charge in [0.05, 0.1) is 33.2 Å². The van der Waals surface area contributed by atoms with Crippen LogP contribution in [-0.4, -0.2) is 37.2 Å². The molecule has 1 saturated heterocycles. The van der Waals surface area contributed by atoms with Crippen LogP contribution in [-0.2, 0) is 27.2 Å². The zero-order chi connectivity index (χ0) is 24.9. The summed E-state index contributed by atoms with van der Waals surface area (Å²) in [6, 6.07) is 20.4. The van der Waals surface area contributed by atoms with Crippen molar-refractivity contribution in [2.45, 2.75) is 32.0 Å². The van der Waals surface area contributed by atoms with Gasteiger partial charge in [-0.1, -0.05) is 52.3 Å². The third-order valence-electron chi connectivity index (χ3n) is 5.91. The molecule has 0 N–H and O–H groups in total. The normalized spacial score (nSPS) is 17.1. The van der Waals surface area contributed by atoms with Crippen molar-refractivity contribution in [1.82, 2.24) is 4.90 Å². The van der Waals surface area contributed by atoms with E-state index in [4.69, 9.17) is 18.9 Å². The summed E-state index contributed by atoms with van der Waals surface area (Å²) in [7, 11) is 2.90. The number of hydrogen-bond acceptors (Lipinski definition) is 6. The first-order valence-corrected chi connectivity index (χ1v) is 11.9. The lowest BCUT2D eigenvalue weighted by molar-refractivity contribution is -0.139. The van der Waals surface area contributed by atoms with Gasteiger partial charge in [0, 0.05) is 10.0 Å². The summed E-state index contributed by atoms with van der Waals surface area (Å²) in [5, 5.41) is 0. The molecule has 0 aromatic heterocycles. The number of carbonyl (C=O) groups is 2. The van der Waals surface area contributed by atoms with Crippen LogP contribution in [0.25, 0.3) is 0 Å². The Morgan fingerprint density at radius 1 is 1.00 bits per heavy atom. The summed E-state index contributed by atoms with van der Waals surface area (Å²) >= 11 is 3.52. The molecule has 0 spiro atoms. The molecular formula is C27H26BrNO6. The van der Waals surface area contributed by atoms with Gasteiger partial charge in [0.1, 0.15) is 11.9 Å². The van der Waals surface area contributed by atoms with Crippen LogP contribution in [0, 0.1) is 0 Å². The van der Waals surface area contributed by atoms with E-state index >= 15 is 0 Å². The number of cyclic esters (lactones) is 1. The number of amides is 1. The van der Waals surface area contributed by atoms with Gasteiger partial charge in [-0.05, 0) is 48.4 Å². The Balaban J connectivity index is 1.60. The molecule has 8 heteroatoms. The maximum Gasteiger partial charge on any atom is 0.411 e. The minimum atomic E-state index is -0.380. The van der Waals surface area contributed by atoms with Crippen molar-refractivity contribution in [1.29, 1.82) is 0 Å². The topological polar surface area (TPSA) is 74.3 Å². The molecule has 4 rings (SSSR count). The molecule has 182 valence electrons. The van der Waals surface area contributed by atoms with Crippen molar-refractivity contribution in [2.24, 2.45) is 0 Å². The van der Waals surface area contributed by atoms with E-state index in [1.54, 1.807) is 30.2 Å². The number of ether oxygens (including phenoxy) is 4. The number of rotatable bonds is 8. The first-order chi connectivity index (χ1) is 16.9. The molecule has 3 aromatic rings. The van der Waals surface area contributed by atoms with Crippen LogP contribution in [0.5, 0.6) is 17.2 Å². The fourth-order valence-electron chi connectivity index (χ4n) is 4.03. The SMILES string of the molecule is COC(=O)Cc1ccc(OC)c(Oc2ccc(Br)cc2CN2C(=O)O[C@H](c3ccccc3)[C@@H]2C)c1. The summed E-state index contributed by atoms with van der Waals surface area (Å²) in [4.78, 5) is 26.2. The number of methoxy groups -OCH3 is 2. The van der Waals surface area contributed by atoms with Crippen LogP contribution >= 0.6 is 15.9 Å². The van der Waals surface area contributed by atoms with Crippen LogP contribution in [0.2, 0.25) is 0 Å². The number of hydrogen-bond donors (Lipinski definition) is 0. The van der Waals surface area contributed by atoms with E-state index in [0.29, 0.717) is 23.8 Å².